The first kappa shape index (κ1) is 16.1. The number of thiophene rings is 1. The maximum absolute atomic E-state index is 12.3. The van der Waals surface area contributed by atoms with Crippen LogP contribution in [0.25, 0.3) is 0 Å². The zero-order valence-corrected chi connectivity index (χ0v) is 14.1. The molecule has 3 heterocycles. The quantitative estimate of drug-likeness (QED) is 0.905. The van der Waals surface area contributed by atoms with Crippen LogP contribution in [0.5, 0.6) is 0 Å². The Hall–Kier alpha value is -1.73. The number of aliphatic hydroxyl groups is 1. The molecule has 2 aromatic rings. The minimum absolute atomic E-state index is 0.151. The molecule has 1 N–H and O–H groups in total. The summed E-state index contributed by atoms with van der Waals surface area (Å²) in [5.74, 6) is 0.668. The molecule has 7 heteroatoms. The molecular weight excluding hydrogens is 312 g/mol. The third-order valence-electron chi connectivity index (χ3n) is 4.17. The van der Waals surface area contributed by atoms with Gasteiger partial charge in [-0.3, -0.25) is 9.48 Å². The highest BCUT2D eigenvalue weighted by Crippen LogP contribution is 2.22. The summed E-state index contributed by atoms with van der Waals surface area (Å²) in [6, 6.07) is 3.80. The standard InChI is InChI=1S/C16H22N4O2S/c1-12(21)9-14-11-20(18-17-14)10-13-4-6-19(7-5-13)16(22)15-3-2-8-23-15/h2-3,8,11-13,21H,4-7,9-10H2,1H3/t12-/m1/s1. The second-order valence-electron chi connectivity index (χ2n) is 6.20. The van der Waals surface area contributed by atoms with Crippen molar-refractivity contribution in [1.29, 1.82) is 0 Å². The maximum Gasteiger partial charge on any atom is 0.263 e. The fraction of sp³-hybridized carbons (Fsp3) is 0.562. The second kappa shape index (κ2) is 7.23. The van der Waals surface area contributed by atoms with E-state index in [4.69, 9.17) is 0 Å². The van der Waals surface area contributed by atoms with Crippen LogP contribution < -0.4 is 0 Å². The highest BCUT2D eigenvalue weighted by atomic mass is 32.1. The van der Waals surface area contributed by atoms with Crippen LogP contribution in [-0.2, 0) is 13.0 Å². The van der Waals surface area contributed by atoms with Crippen molar-refractivity contribution in [3.63, 3.8) is 0 Å². The van der Waals surface area contributed by atoms with Crippen molar-refractivity contribution in [2.45, 2.75) is 38.8 Å². The number of aliphatic hydroxyl groups excluding tert-OH is 1. The van der Waals surface area contributed by atoms with Gasteiger partial charge in [-0.2, -0.15) is 0 Å². The van der Waals surface area contributed by atoms with Crippen molar-refractivity contribution in [3.8, 4) is 0 Å². The molecule has 0 radical (unpaired) electrons. The van der Waals surface area contributed by atoms with Gasteiger partial charge in [0, 0.05) is 32.3 Å². The lowest BCUT2D eigenvalue weighted by Gasteiger charge is -2.31. The molecule has 0 bridgehead atoms. The molecule has 124 valence electrons. The molecule has 3 rings (SSSR count). The number of likely N-dealkylation sites (tertiary alicyclic amines) is 1. The molecule has 6 nitrogen and oxygen atoms in total. The van der Waals surface area contributed by atoms with E-state index < -0.39 is 6.10 Å². The highest BCUT2D eigenvalue weighted by Gasteiger charge is 2.24. The van der Waals surface area contributed by atoms with Gasteiger partial charge in [-0.05, 0) is 37.1 Å². The summed E-state index contributed by atoms with van der Waals surface area (Å²) in [5.41, 5.74) is 0.824. The fourth-order valence-corrected chi connectivity index (χ4v) is 3.65. The van der Waals surface area contributed by atoms with Crippen molar-refractivity contribution in [3.05, 3.63) is 34.3 Å². The van der Waals surface area contributed by atoms with Crippen LogP contribution in [0.2, 0.25) is 0 Å². The predicted molar refractivity (Wildman–Crippen MR) is 88.4 cm³/mol. The number of nitrogens with zero attached hydrogens (tertiary/aromatic N) is 4. The minimum atomic E-state index is -0.397. The first-order valence-corrected chi connectivity index (χ1v) is 8.89. The first-order valence-electron chi connectivity index (χ1n) is 8.01. The van der Waals surface area contributed by atoms with Crippen molar-refractivity contribution < 1.29 is 9.90 Å². The zero-order chi connectivity index (χ0) is 16.2. The molecule has 2 aromatic heterocycles. The largest absolute Gasteiger partial charge is 0.393 e. The SMILES string of the molecule is C[C@@H](O)Cc1cn(CC2CCN(C(=O)c3cccs3)CC2)nn1. The number of hydrogen-bond donors (Lipinski definition) is 1. The molecule has 23 heavy (non-hydrogen) atoms. The normalized spacial score (nSPS) is 17.4. The van der Waals surface area contributed by atoms with E-state index in [2.05, 4.69) is 10.3 Å². The Bertz CT molecular complexity index is 630. The maximum atomic E-state index is 12.3. The highest BCUT2D eigenvalue weighted by molar-refractivity contribution is 7.12. The lowest BCUT2D eigenvalue weighted by Crippen LogP contribution is -2.39. The summed E-state index contributed by atoms with van der Waals surface area (Å²) in [6.45, 7) is 4.18. The number of rotatable bonds is 5. The Labute approximate surface area is 139 Å². The van der Waals surface area contributed by atoms with Crippen LogP contribution >= 0.6 is 11.3 Å². The van der Waals surface area contributed by atoms with Gasteiger partial charge in [-0.1, -0.05) is 11.3 Å². The third-order valence-corrected chi connectivity index (χ3v) is 5.03. The smallest absolute Gasteiger partial charge is 0.263 e. The van der Waals surface area contributed by atoms with Crippen LogP contribution in [0.1, 0.15) is 35.1 Å². The second-order valence-corrected chi connectivity index (χ2v) is 7.15. The average Bonchev–Trinajstić information content (AvgIpc) is 3.19. The molecule has 0 spiro atoms. The molecule has 1 aliphatic rings. The molecule has 0 unspecified atom stereocenters. The van der Waals surface area contributed by atoms with Gasteiger partial charge in [0.15, 0.2) is 0 Å². The number of piperidine rings is 1. The monoisotopic (exact) mass is 334 g/mol. The lowest BCUT2D eigenvalue weighted by molar-refractivity contribution is 0.0686. The molecule has 1 fully saturated rings. The molecule has 1 atom stereocenters. The summed E-state index contributed by atoms with van der Waals surface area (Å²) in [5, 5.41) is 19.5. The van der Waals surface area contributed by atoms with Gasteiger partial charge in [-0.25, -0.2) is 0 Å². The molecule has 0 aromatic carbocycles. The van der Waals surface area contributed by atoms with E-state index in [0.29, 0.717) is 12.3 Å². The third kappa shape index (κ3) is 4.17. The zero-order valence-electron chi connectivity index (χ0n) is 13.3. The Morgan fingerprint density at radius 1 is 1.48 bits per heavy atom. The van der Waals surface area contributed by atoms with Crippen LogP contribution in [0.3, 0.4) is 0 Å². The minimum Gasteiger partial charge on any atom is -0.393 e. The molecule has 1 saturated heterocycles. The molecule has 0 aliphatic carbocycles. The number of carbonyl (C=O) groups is 1. The van der Waals surface area contributed by atoms with Gasteiger partial charge in [0.25, 0.3) is 5.91 Å². The lowest BCUT2D eigenvalue weighted by atomic mass is 9.96. The van der Waals surface area contributed by atoms with Crippen molar-refractivity contribution in [2.75, 3.05) is 13.1 Å². The van der Waals surface area contributed by atoms with Gasteiger partial charge >= 0.3 is 0 Å². The van der Waals surface area contributed by atoms with Gasteiger partial charge in [0.2, 0.25) is 0 Å². The Morgan fingerprint density at radius 2 is 2.26 bits per heavy atom. The Kier molecular flexibility index (Phi) is 5.07. The Balaban J connectivity index is 1.49. The van der Waals surface area contributed by atoms with Crippen LogP contribution in [0.15, 0.2) is 23.7 Å². The summed E-state index contributed by atoms with van der Waals surface area (Å²) < 4.78 is 1.86. The van der Waals surface area contributed by atoms with E-state index >= 15 is 0 Å². The fourth-order valence-electron chi connectivity index (χ4n) is 2.96. The predicted octanol–water partition coefficient (Wildman–Crippen LogP) is 1.82. The van der Waals surface area contributed by atoms with E-state index in [-0.39, 0.29) is 5.91 Å². The molecule has 1 aliphatic heterocycles. The first-order chi connectivity index (χ1) is 11.1. The summed E-state index contributed by atoms with van der Waals surface area (Å²) in [6.07, 6.45) is 4.03. The van der Waals surface area contributed by atoms with E-state index in [1.54, 1.807) is 6.92 Å². The van der Waals surface area contributed by atoms with E-state index in [9.17, 15) is 9.90 Å². The van der Waals surface area contributed by atoms with E-state index in [0.717, 1.165) is 43.0 Å². The number of carbonyl (C=O) groups excluding carboxylic acids is 1. The Morgan fingerprint density at radius 3 is 2.91 bits per heavy atom. The van der Waals surface area contributed by atoms with Crippen LogP contribution in [0, 0.1) is 5.92 Å². The molecule has 1 amide bonds. The van der Waals surface area contributed by atoms with Crippen molar-refractivity contribution in [2.24, 2.45) is 5.92 Å². The van der Waals surface area contributed by atoms with Crippen LogP contribution in [0.4, 0.5) is 0 Å². The number of amides is 1. The van der Waals surface area contributed by atoms with Gasteiger partial charge in [0.1, 0.15) is 0 Å². The van der Waals surface area contributed by atoms with E-state index in [1.807, 2.05) is 33.3 Å². The molecule has 0 saturated carbocycles. The molecular formula is C16H22N4O2S. The summed E-state index contributed by atoms with van der Waals surface area (Å²) in [7, 11) is 0. The van der Waals surface area contributed by atoms with Gasteiger partial charge in [-0.15, -0.1) is 16.4 Å². The van der Waals surface area contributed by atoms with Crippen molar-refractivity contribution in [1.82, 2.24) is 19.9 Å². The van der Waals surface area contributed by atoms with Gasteiger partial charge < -0.3 is 10.0 Å². The summed E-state index contributed by atoms with van der Waals surface area (Å²) in [4.78, 5) is 15.1. The number of aromatic nitrogens is 3. The van der Waals surface area contributed by atoms with E-state index in [1.165, 1.54) is 11.3 Å². The van der Waals surface area contributed by atoms with Gasteiger partial charge in [0.05, 0.1) is 16.7 Å². The number of hydrogen-bond acceptors (Lipinski definition) is 5. The summed E-state index contributed by atoms with van der Waals surface area (Å²) >= 11 is 1.50. The van der Waals surface area contributed by atoms with Crippen molar-refractivity contribution >= 4 is 17.2 Å². The average molecular weight is 334 g/mol. The van der Waals surface area contributed by atoms with Crippen LogP contribution in [-0.4, -0.2) is 50.1 Å². The topological polar surface area (TPSA) is 71.2 Å².